The summed E-state index contributed by atoms with van der Waals surface area (Å²) in [6, 6.07) is 7.37. The smallest absolute Gasteiger partial charge is 0.459 e. The van der Waals surface area contributed by atoms with Crippen molar-refractivity contribution in [2.45, 2.75) is 57.8 Å². The zero-order valence-electron chi connectivity index (χ0n) is 20.4. The van der Waals surface area contributed by atoms with Crippen LogP contribution in [0.3, 0.4) is 0 Å². The summed E-state index contributed by atoms with van der Waals surface area (Å²) in [7, 11) is -4.11. The summed E-state index contributed by atoms with van der Waals surface area (Å²) in [5, 5.41) is 13.3. The maximum Gasteiger partial charge on any atom is 0.459 e. The number of carbonyl (C=O) groups excluding carboxylic acids is 1. The van der Waals surface area contributed by atoms with Crippen molar-refractivity contribution in [3.63, 3.8) is 0 Å². The second kappa shape index (κ2) is 11.3. The fourth-order valence-electron chi connectivity index (χ4n) is 3.71. The number of nitrogens with two attached hydrogens (primary N) is 1. The van der Waals surface area contributed by atoms with Gasteiger partial charge in [0.05, 0.1) is 25.1 Å². The van der Waals surface area contributed by atoms with Crippen molar-refractivity contribution in [1.82, 2.24) is 24.6 Å². The van der Waals surface area contributed by atoms with E-state index in [0.717, 1.165) is 0 Å². The first-order valence-corrected chi connectivity index (χ1v) is 13.5. The first-order chi connectivity index (χ1) is 17.5. The number of hydrogen-bond donors (Lipinski definition) is 4. The topological polar surface area (TPSA) is 176 Å². The number of aliphatic hydroxyl groups is 1. The SMILES string of the molecule is CC(C)OC(=O)C(C)NP(=O)(OCC1OC(n2cnc3c(=S)nc(N)[nH]c32)CC1O)Oc1ccccc1. The van der Waals surface area contributed by atoms with E-state index in [2.05, 4.69) is 20.0 Å². The largest absolute Gasteiger partial charge is 0.462 e. The Kier molecular flexibility index (Phi) is 8.26. The molecule has 1 aliphatic rings. The molecule has 0 saturated carbocycles. The number of aromatic amines is 1. The van der Waals surface area contributed by atoms with Crippen LogP contribution in [0.2, 0.25) is 0 Å². The number of nitrogen functional groups attached to an aromatic ring is 1. The Morgan fingerprint density at radius 1 is 1.38 bits per heavy atom. The molecule has 15 heteroatoms. The van der Waals surface area contributed by atoms with E-state index in [9.17, 15) is 14.5 Å². The Morgan fingerprint density at radius 3 is 2.81 bits per heavy atom. The van der Waals surface area contributed by atoms with Crippen LogP contribution >= 0.6 is 20.0 Å². The molecule has 0 aliphatic carbocycles. The van der Waals surface area contributed by atoms with Gasteiger partial charge in [-0.05, 0) is 32.9 Å². The second-order valence-corrected chi connectivity index (χ2v) is 10.8. The van der Waals surface area contributed by atoms with Crippen molar-refractivity contribution in [2.24, 2.45) is 0 Å². The summed E-state index contributed by atoms with van der Waals surface area (Å²) in [4.78, 5) is 23.4. The molecule has 5 atom stereocenters. The highest BCUT2D eigenvalue weighted by molar-refractivity contribution is 7.71. The lowest BCUT2D eigenvalue weighted by atomic mass is 10.2. The van der Waals surface area contributed by atoms with Crippen LogP contribution in [0, 0.1) is 4.64 Å². The molecule has 1 saturated heterocycles. The number of esters is 1. The molecule has 2 aromatic heterocycles. The standard InChI is InChI=1S/C22H29N6O7PS/c1-12(2)33-21(30)13(3)27-36(31,35-14-7-5-4-6-8-14)32-10-16-15(29)9-17(34-16)28-11-24-18-19(28)25-22(23)26-20(18)37/h4-8,11-13,15-17,29H,9-10H2,1-3H3,(H,27,31)(H3,23,25,26,37). The summed E-state index contributed by atoms with van der Waals surface area (Å²) < 4.78 is 38.0. The Morgan fingerprint density at radius 2 is 2.11 bits per heavy atom. The normalized spacial score (nSPS) is 22.1. The van der Waals surface area contributed by atoms with E-state index in [0.29, 0.717) is 11.2 Å². The third kappa shape index (κ3) is 6.53. The van der Waals surface area contributed by atoms with E-state index in [1.165, 1.54) is 13.3 Å². The van der Waals surface area contributed by atoms with E-state index >= 15 is 0 Å². The van der Waals surface area contributed by atoms with Crippen LogP contribution in [0.1, 0.15) is 33.4 Å². The summed E-state index contributed by atoms with van der Waals surface area (Å²) in [5.41, 5.74) is 6.72. The first kappa shape index (κ1) is 27.2. The number of imidazole rings is 1. The number of benzene rings is 1. The molecule has 3 aromatic rings. The number of para-hydroxylation sites is 1. The summed E-state index contributed by atoms with van der Waals surface area (Å²) in [6.07, 6.45) is -1.12. The van der Waals surface area contributed by atoms with Crippen LogP contribution < -0.4 is 15.3 Å². The minimum Gasteiger partial charge on any atom is -0.462 e. The fraction of sp³-hybridized carbons (Fsp3) is 0.455. The molecule has 0 bridgehead atoms. The van der Waals surface area contributed by atoms with Crippen LogP contribution in [0.25, 0.3) is 11.2 Å². The van der Waals surface area contributed by atoms with E-state index in [4.69, 9.17) is 36.5 Å². The highest BCUT2D eigenvalue weighted by Crippen LogP contribution is 2.46. The quantitative estimate of drug-likeness (QED) is 0.165. The predicted octanol–water partition coefficient (Wildman–Crippen LogP) is 2.85. The average molecular weight is 553 g/mol. The van der Waals surface area contributed by atoms with Crippen molar-refractivity contribution < 1.29 is 33.0 Å². The number of hydrogen-bond acceptors (Lipinski definition) is 11. The van der Waals surface area contributed by atoms with Crippen LogP contribution in [0.15, 0.2) is 36.7 Å². The molecule has 200 valence electrons. The third-order valence-electron chi connectivity index (χ3n) is 5.41. The first-order valence-electron chi connectivity index (χ1n) is 11.6. The zero-order chi connectivity index (χ0) is 26.7. The molecular weight excluding hydrogens is 523 g/mol. The molecule has 0 spiro atoms. The van der Waals surface area contributed by atoms with Crippen LogP contribution in [-0.2, 0) is 23.4 Å². The Labute approximate surface area is 217 Å². The number of nitrogens with zero attached hydrogens (tertiary/aromatic N) is 3. The Bertz CT molecular complexity index is 1350. The Hall–Kier alpha value is -2.87. The van der Waals surface area contributed by atoms with Crippen LogP contribution in [0.4, 0.5) is 5.95 Å². The molecule has 5 N–H and O–H groups in total. The van der Waals surface area contributed by atoms with Gasteiger partial charge in [-0.3, -0.25) is 13.9 Å². The molecule has 1 aromatic carbocycles. The van der Waals surface area contributed by atoms with Gasteiger partial charge in [-0.15, -0.1) is 0 Å². The van der Waals surface area contributed by atoms with Gasteiger partial charge in [-0.25, -0.2) is 14.5 Å². The number of ether oxygens (including phenoxy) is 2. The van der Waals surface area contributed by atoms with Crippen LogP contribution in [-0.4, -0.2) is 61.6 Å². The highest BCUT2D eigenvalue weighted by Gasteiger charge is 2.39. The molecule has 3 heterocycles. The van der Waals surface area contributed by atoms with Gasteiger partial charge in [0.1, 0.15) is 35.3 Å². The van der Waals surface area contributed by atoms with Gasteiger partial charge in [-0.1, -0.05) is 30.4 Å². The lowest BCUT2D eigenvalue weighted by molar-refractivity contribution is -0.149. The van der Waals surface area contributed by atoms with Gasteiger partial charge in [0.2, 0.25) is 0 Å². The van der Waals surface area contributed by atoms with Gasteiger partial charge in [0.15, 0.2) is 10.6 Å². The molecule has 13 nitrogen and oxygen atoms in total. The number of anilines is 1. The lowest BCUT2D eigenvalue weighted by Crippen LogP contribution is -2.37. The van der Waals surface area contributed by atoms with E-state index in [1.54, 1.807) is 48.7 Å². The average Bonchev–Trinajstić information content (AvgIpc) is 3.41. The summed E-state index contributed by atoms with van der Waals surface area (Å²) in [6.45, 7) is 4.60. The third-order valence-corrected chi connectivity index (χ3v) is 7.34. The second-order valence-electron chi connectivity index (χ2n) is 8.74. The van der Waals surface area contributed by atoms with Crippen molar-refractivity contribution in [3.8, 4) is 5.75 Å². The number of aliphatic hydroxyl groups excluding tert-OH is 1. The van der Waals surface area contributed by atoms with Gasteiger partial charge in [0.25, 0.3) is 0 Å². The maximum absolute atomic E-state index is 13.7. The molecule has 37 heavy (non-hydrogen) atoms. The molecular formula is C22H29N6O7PS. The van der Waals surface area contributed by atoms with Gasteiger partial charge < -0.3 is 29.8 Å². The van der Waals surface area contributed by atoms with Crippen molar-refractivity contribution >= 4 is 43.0 Å². The van der Waals surface area contributed by atoms with Gasteiger partial charge in [0, 0.05) is 6.42 Å². The fourth-order valence-corrected chi connectivity index (χ4v) is 5.46. The molecule has 5 unspecified atom stereocenters. The van der Waals surface area contributed by atoms with E-state index in [-0.39, 0.29) is 35.5 Å². The molecule has 1 aliphatic heterocycles. The summed E-state index contributed by atoms with van der Waals surface area (Å²) in [5.74, 6) is -0.237. The van der Waals surface area contributed by atoms with E-state index in [1.807, 2.05) is 0 Å². The highest BCUT2D eigenvalue weighted by atomic mass is 32.1. The minimum absolute atomic E-state index is 0.118. The number of carbonyl (C=O) groups is 1. The van der Waals surface area contributed by atoms with Gasteiger partial charge in [-0.2, -0.15) is 5.09 Å². The minimum atomic E-state index is -4.11. The van der Waals surface area contributed by atoms with Crippen molar-refractivity contribution in [3.05, 3.63) is 41.3 Å². The van der Waals surface area contributed by atoms with Crippen molar-refractivity contribution in [1.29, 1.82) is 0 Å². The van der Waals surface area contributed by atoms with Gasteiger partial charge >= 0.3 is 13.7 Å². The molecule has 1 fully saturated rings. The Balaban J connectivity index is 1.48. The number of rotatable bonds is 10. The lowest BCUT2D eigenvalue weighted by Gasteiger charge is -2.25. The number of nitrogens with one attached hydrogen (secondary N) is 2. The predicted molar refractivity (Wildman–Crippen MR) is 136 cm³/mol. The molecule has 0 amide bonds. The number of aromatic nitrogens is 4. The zero-order valence-corrected chi connectivity index (χ0v) is 22.1. The monoisotopic (exact) mass is 552 g/mol. The van der Waals surface area contributed by atoms with Crippen LogP contribution in [0.5, 0.6) is 5.75 Å². The summed E-state index contributed by atoms with van der Waals surface area (Å²) >= 11 is 5.21. The molecule has 4 rings (SSSR count). The van der Waals surface area contributed by atoms with Crippen molar-refractivity contribution in [2.75, 3.05) is 12.3 Å². The maximum atomic E-state index is 13.7. The number of H-pyrrole nitrogens is 1. The molecule has 0 radical (unpaired) electrons. The van der Waals surface area contributed by atoms with E-state index < -0.39 is 38.2 Å². The number of fused-ring (bicyclic) bond motifs is 1.